The zero-order chi connectivity index (χ0) is 13.1. The maximum atomic E-state index is 12.0. The number of carbonyl (C=O) groups excluding carboxylic acids is 2. The van der Waals surface area contributed by atoms with E-state index in [-0.39, 0.29) is 17.2 Å². The number of nitrogens with zero attached hydrogens (tertiary/aromatic N) is 1. The summed E-state index contributed by atoms with van der Waals surface area (Å²) in [5.74, 6) is -0.825. The van der Waals surface area contributed by atoms with E-state index in [1.54, 1.807) is 6.92 Å². The van der Waals surface area contributed by atoms with Crippen molar-refractivity contribution in [3.8, 4) is 5.75 Å². The quantitative estimate of drug-likeness (QED) is 0.693. The molecule has 1 aromatic rings. The monoisotopic (exact) mass is 249 g/mol. The molecule has 0 aromatic carbocycles. The van der Waals surface area contributed by atoms with Crippen molar-refractivity contribution < 1.29 is 14.7 Å². The first-order valence-electron chi connectivity index (χ1n) is 5.82. The van der Waals surface area contributed by atoms with E-state index >= 15 is 0 Å². The van der Waals surface area contributed by atoms with Crippen molar-refractivity contribution in [2.45, 2.75) is 25.8 Å². The number of rotatable bonds is 2. The van der Waals surface area contributed by atoms with Crippen LogP contribution in [0.5, 0.6) is 5.75 Å². The molecule has 0 bridgehead atoms. The first-order valence-corrected chi connectivity index (χ1v) is 5.82. The molecule has 0 saturated carbocycles. The van der Waals surface area contributed by atoms with Crippen LogP contribution in [-0.2, 0) is 4.79 Å². The number of piperidine rings is 1. The van der Waals surface area contributed by atoms with E-state index in [4.69, 9.17) is 0 Å². The van der Waals surface area contributed by atoms with Gasteiger partial charge in [0.2, 0.25) is 5.91 Å². The van der Waals surface area contributed by atoms with Crippen LogP contribution >= 0.6 is 0 Å². The Labute approximate surface area is 104 Å². The van der Waals surface area contributed by atoms with Crippen LogP contribution in [0.15, 0.2) is 12.3 Å². The predicted octanol–water partition coefficient (Wildman–Crippen LogP) is 0.104. The summed E-state index contributed by atoms with van der Waals surface area (Å²) in [6, 6.07) is 0.963. The van der Waals surface area contributed by atoms with E-state index in [9.17, 15) is 14.7 Å². The summed E-state index contributed by atoms with van der Waals surface area (Å²) in [7, 11) is 0. The van der Waals surface area contributed by atoms with Gasteiger partial charge in [-0.2, -0.15) is 0 Å². The number of hydrogen-bond acceptors (Lipinski definition) is 4. The third kappa shape index (κ3) is 2.58. The molecular formula is C12H15N3O3. The SMILES string of the molecule is Cc1cc(C(=O)N[C@H]2CCCNC2=O)c(O)cn1. The Balaban J connectivity index is 2.11. The molecule has 0 radical (unpaired) electrons. The predicted molar refractivity (Wildman–Crippen MR) is 64.1 cm³/mol. The highest BCUT2D eigenvalue weighted by molar-refractivity contribution is 5.99. The number of pyridine rings is 1. The lowest BCUT2D eigenvalue weighted by atomic mass is 10.1. The van der Waals surface area contributed by atoms with Gasteiger partial charge in [-0.3, -0.25) is 14.6 Å². The van der Waals surface area contributed by atoms with Gasteiger partial charge < -0.3 is 15.7 Å². The first kappa shape index (κ1) is 12.3. The molecule has 0 unspecified atom stereocenters. The van der Waals surface area contributed by atoms with Gasteiger partial charge >= 0.3 is 0 Å². The second-order valence-corrected chi connectivity index (χ2v) is 4.30. The molecule has 1 aromatic heterocycles. The Morgan fingerprint density at radius 3 is 3.11 bits per heavy atom. The van der Waals surface area contributed by atoms with Crippen LogP contribution in [-0.4, -0.2) is 34.5 Å². The second kappa shape index (κ2) is 5.03. The molecule has 1 aliphatic rings. The fourth-order valence-corrected chi connectivity index (χ4v) is 1.88. The fraction of sp³-hybridized carbons (Fsp3) is 0.417. The minimum atomic E-state index is -0.529. The molecule has 0 spiro atoms. The van der Waals surface area contributed by atoms with Crippen molar-refractivity contribution in [1.82, 2.24) is 15.6 Å². The molecule has 1 saturated heterocycles. The number of hydrogen-bond donors (Lipinski definition) is 3. The molecule has 2 amide bonds. The summed E-state index contributed by atoms with van der Waals surface area (Å²) in [6.45, 7) is 2.37. The van der Waals surface area contributed by atoms with Gasteiger partial charge in [0.25, 0.3) is 5.91 Å². The molecule has 2 rings (SSSR count). The largest absolute Gasteiger partial charge is 0.505 e. The highest BCUT2D eigenvalue weighted by Crippen LogP contribution is 2.16. The molecular weight excluding hydrogens is 234 g/mol. The second-order valence-electron chi connectivity index (χ2n) is 4.30. The third-order valence-electron chi connectivity index (χ3n) is 2.85. The van der Waals surface area contributed by atoms with Gasteiger partial charge in [0.1, 0.15) is 11.8 Å². The third-order valence-corrected chi connectivity index (χ3v) is 2.85. The maximum Gasteiger partial charge on any atom is 0.255 e. The Bertz CT molecular complexity index is 487. The standard InChI is InChI=1S/C12H15N3O3/c1-7-5-8(10(16)6-14-7)11(17)15-9-3-2-4-13-12(9)18/h5-6,9,16H,2-4H2,1H3,(H,13,18)(H,15,17)/t9-/m0/s1. The number of nitrogens with one attached hydrogen (secondary N) is 2. The van der Waals surface area contributed by atoms with Crippen LogP contribution < -0.4 is 10.6 Å². The van der Waals surface area contributed by atoms with Gasteiger partial charge in [0.15, 0.2) is 0 Å². The van der Waals surface area contributed by atoms with Crippen molar-refractivity contribution in [2.24, 2.45) is 0 Å². The lowest BCUT2D eigenvalue weighted by Crippen LogP contribution is -2.50. The van der Waals surface area contributed by atoms with Crippen molar-refractivity contribution in [2.75, 3.05) is 6.54 Å². The number of carbonyl (C=O) groups is 2. The average Bonchev–Trinajstić information content (AvgIpc) is 2.35. The van der Waals surface area contributed by atoms with Gasteiger partial charge in [-0.15, -0.1) is 0 Å². The molecule has 1 atom stereocenters. The summed E-state index contributed by atoms with van der Waals surface area (Å²) >= 11 is 0. The van der Waals surface area contributed by atoms with E-state index in [1.165, 1.54) is 12.3 Å². The number of aromatic hydroxyl groups is 1. The minimum Gasteiger partial charge on any atom is -0.505 e. The van der Waals surface area contributed by atoms with Crippen LogP contribution in [0.3, 0.4) is 0 Å². The lowest BCUT2D eigenvalue weighted by molar-refractivity contribution is -0.124. The Morgan fingerprint density at radius 2 is 2.39 bits per heavy atom. The zero-order valence-electron chi connectivity index (χ0n) is 10.1. The highest BCUT2D eigenvalue weighted by atomic mass is 16.3. The highest BCUT2D eigenvalue weighted by Gasteiger charge is 2.25. The summed E-state index contributed by atoms with van der Waals surface area (Å²) < 4.78 is 0. The van der Waals surface area contributed by atoms with Gasteiger partial charge in [-0.25, -0.2) is 0 Å². The van der Waals surface area contributed by atoms with Crippen molar-refractivity contribution in [1.29, 1.82) is 0 Å². The van der Waals surface area contributed by atoms with E-state index in [1.807, 2.05) is 0 Å². The van der Waals surface area contributed by atoms with Crippen LogP contribution in [0, 0.1) is 6.92 Å². The molecule has 2 heterocycles. The first-order chi connectivity index (χ1) is 8.58. The Kier molecular flexibility index (Phi) is 3.45. The van der Waals surface area contributed by atoms with Crippen LogP contribution in [0.4, 0.5) is 0 Å². The topological polar surface area (TPSA) is 91.3 Å². The molecule has 18 heavy (non-hydrogen) atoms. The molecule has 96 valence electrons. The van der Waals surface area contributed by atoms with E-state index in [0.717, 1.165) is 6.42 Å². The van der Waals surface area contributed by atoms with E-state index < -0.39 is 11.9 Å². The number of amides is 2. The van der Waals surface area contributed by atoms with E-state index in [0.29, 0.717) is 18.7 Å². The summed E-state index contributed by atoms with van der Waals surface area (Å²) in [5, 5.41) is 14.9. The van der Waals surface area contributed by atoms with Gasteiger partial charge in [0, 0.05) is 12.2 Å². The fourth-order valence-electron chi connectivity index (χ4n) is 1.88. The molecule has 1 fully saturated rings. The van der Waals surface area contributed by atoms with Crippen molar-refractivity contribution in [3.63, 3.8) is 0 Å². The van der Waals surface area contributed by atoms with Gasteiger partial charge in [0.05, 0.1) is 11.8 Å². The van der Waals surface area contributed by atoms with Crippen molar-refractivity contribution in [3.05, 3.63) is 23.5 Å². The molecule has 0 aliphatic carbocycles. The van der Waals surface area contributed by atoms with Crippen LogP contribution in [0.1, 0.15) is 28.9 Å². The Hall–Kier alpha value is -2.11. The molecule has 1 aliphatic heterocycles. The van der Waals surface area contributed by atoms with Gasteiger partial charge in [-0.05, 0) is 25.8 Å². The molecule has 6 nitrogen and oxygen atoms in total. The summed E-state index contributed by atoms with van der Waals surface area (Å²) in [4.78, 5) is 27.3. The van der Waals surface area contributed by atoms with E-state index in [2.05, 4.69) is 15.6 Å². The smallest absolute Gasteiger partial charge is 0.255 e. The average molecular weight is 249 g/mol. The van der Waals surface area contributed by atoms with Crippen LogP contribution in [0.25, 0.3) is 0 Å². The minimum absolute atomic E-state index is 0.140. The number of aromatic nitrogens is 1. The summed E-state index contributed by atoms with van der Waals surface area (Å²) in [5.41, 5.74) is 0.770. The normalized spacial score (nSPS) is 19.2. The maximum absolute atomic E-state index is 12.0. The Morgan fingerprint density at radius 1 is 1.61 bits per heavy atom. The summed E-state index contributed by atoms with van der Waals surface area (Å²) in [6.07, 6.45) is 2.67. The van der Waals surface area contributed by atoms with Crippen LogP contribution in [0.2, 0.25) is 0 Å². The lowest BCUT2D eigenvalue weighted by Gasteiger charge is -2.22. The number of aryl methyl sites for hydroxylation is 1. The molecule has 6 heteroatoms. The van der Waals surface area contributed by atoms with Crippen molar-refractivity contribution >= 4 is 11.8 Å². The molecule has 3 N–H and O–H groups in total. The van der Waals surface area contributed by atoms with Gasteiger partial charge in [-0.1, -0.05) is 0 Å². The zero-order valence-corrected chi connectivity index (χ0v) is 10.1.